The SMILES string of the molecule is CC1(C)CCC(C)(C)c2cc(C(F)(F)F)c(-c3cc(/C=C4\SC(=O)NC4=O)ccc3Cl)cc21.CC1(C)CCC(C)(C)c2cc(C(F)(F)F)c(-c3cc(/C=C4\SC(=O)NC4=O)ccc3OC(F)(F)F)cc21.CN(C)c1ccc(/C=C2\SC(=O)NC2=O)cc1-c1cc2c(cc1N(C)C)C(C)(C)CCC2(C)C.CNc1c(Br)cc(/C=C2\SC(=O)NC2=O)cc1-c1cc2c(cc1C)C(C)(C)CCC2(C)C. The van der Waals surface area contributed by atoms with Gasteiger partial charge in [-0.2, -0.15) is 26.3 Å². The minimum Gasteiger partial charge on any atom is -0.405 e. The van der Waals surface area contributed by atoms with Crippen molar-refractivity contribution in [3.63, 3.8) is 0 Å². The number of thioether (sulfide) groups is 4. The molecule has 4 heterocycles. The summed E-state index contributed by atoms with van der Waals surface area (Å²) in [5.41, 5.74) is 16.1. The molecule has 5 N–H and O–H groups in total. The number of hydrogen-bond donors (Lipinski definition) is 5. The van der Waals surface area contributed by atoms with Gasteiger partial charge in [0.1, 0.15) is 5.75 Å². The molecule has 0 bridgehead atoms. The van der Waals surface area contributed by atoms with Crippen LogP contribution in [0.2, 0.25) is 5.02 Å². The summed E-state index contributed by atoms with van der Waals surface area (Å²) in [6.07, 6.45) is -0.686. The van der Waals surface area contributed by atoms with Crippen molar-refractivity contribution in [1.82, 2.24) is 21.3 Å². The second-order valence-electron chi connectivity index (χ2n) is 41.3. The van der Waals surface area contributed by atoms with Crippen LogP contribution < -0.4 is 41.1 Å². The smallest absolute Gasteiger partial charge is 0.405 e. The van der Waals surface area contributed by atoms with Gasteiger partial charge in [0, 0.05) is 83.9 Å². The quantitative estimate of drug-likeness (QED) is 0.0568. The van der Waals surface area contributed by atoms with Gasteiger partial charge in [0.05, 0.1) is 36.4 Å². The molecule has 0 radical (unpaired) electrons. The summed E-state index contributed by atoms with van der Waals surface area (Å²) in [4.78, 5) is 99.4. The number of halogens is 11. The fourth-order valence-electron chi connectivity index (χ4n) is 19.0. The molecule has 0 atom stereocenters. The number of nitrogens with zero attached hydrogens (tertiary/aromatic N) is 2. The number of carbonyl (C=O) groups is 8. The zero-order valence-corrected chi connectivity index (χ0v) is 85.4. The molecule has 4 aliphatic carbocycles. The Morgan fingerprint density at radius 1 is 0.360 bits per heavy atom. The van der Waals surface area contributed by atoms with Crippen LogP contribution in [0.1, 0.15) is 246 Å². The molecule has 8 aromatic rings. The Kier molecular flexibility index (Phi) is 28.6. The van der Waals surface area contributed by atoms with Crippen molar-refractivity contribution in [3.05, 3.63) is 228 Å². The summed E-state index contributed by atoms with van der Waals surface area (Å²) in [7, 11) is 10.2. The van der Waals surface area contributed by atoms with Crippen molar-refractivity contribution in [1.29, 1.82) is 0 Å². The summed E-state index contributed by atoms with van der Waals surface area (Å²) < 4.78 is 131. The maximum atomic E-state index is 14.4. The Morgan fingerprint density at radius 3 is 1.00 bits per heavy atom. The number of anilines is 3. The Labute approximate surface area is 818 Å². The highest BCUT2D eigenvalue weighted by Gasteiger charge is 2.47. The number of benzene rings is 8. The highest BCUT2D eigenvalue weighted by molar-refractivity contribution is 9.10. The molecule has 31 heteroatoms. The summed E-state index contributed by atoms with van der Waals surface area (Å²) >= 11 is 13.3. The first-order valence-electron chi connectivity index (χ1n) is 44.4. The largest absolute Gasteiger partial charge is 0.573 e. The van der Waals surface area contributed by atoms with Gasteiger partial charge in [-0.15, -0.1) is 13.2 Å². The molecule has 16 nitrogen and oxygen atoms in total. The lowest BCUT2D eigenvalue weighted by Crippen LogP contribution is -2.34. The molecule has 0 unspecified atom stereocenters. The van der Waals surface area contributed by atoms with Gasteiger partial charge >= 0.3 is 18.7 Å². The summed E-state index contributed by atoms with van der Waals surface area (Å²) in [5.74, 6) is -2.73. The zero-order chi connectivity index (χ0) is 100. The van der Waals surface area contributed by atoms with Gasteiger partial charge in [-0.25, -0.2) is 0 Å². The van der Waals surface area contributed by atoms with E-state index in [0.29, 0.717) is 56.7 Å². The highest BCUT2D eigenvalue weighted by Crippen LogP contribution is 2.57. The Balaban J connectivity index is 0.000000154. The van der Waals surface area contributed by atoms with Crippen LogP contribution in [0.15, 0.2) is 139 Å². The van der Waals surface area contributed by atoms with Gasteiger partial charge in [-0.1, -0.05) is 147 Å². The van der Waals surface area contributed by atoms with Crippen LogP contribution >= 0.6 is 74.6 Å². The van der Waals surface area contributed by atoms with E-state index in [1.807, 2.05) is 74.6 Å². The average Bonchev–Trinajstić information content (AvgIpc) is 1.35. The fourth-order valence-corrected chi connectivity index (χ4v) is 22.6. The summed E-state index contributed by atoms with van der Waals surface area (Å²) in [5, 5.41) is 10.6. The van der Waals surface area contributed by atoms with E-state index in [2.05, 4.69) is 190 Å². The maximum absolute atomic E-state index is 14.4. The molecule has 4 fully saturated rings. The minimum atomic E-state index is -5.16. The van der Waals surface area contributed by atoms with Gasteiger partial charge in [0.25, 0.3) is 44.6 Å². The Hall–Kier alpha value is -9.98. The fraction of sp³-hybridized carbons (Fsp3) is 0.390. The molecule has 4 saturated heterocycles. The monoisotopic (exact) mass is 2030 g/mol. The molecule has 0 aromatic heterocycles. The van der Waals surface area contributed by atoms with Crippen molar-refractivity contribution in [3.8, 4) is 50.3 Å². The number of ether oxygens (including phenoxy) is 1. The predicted octanol–water partition coefficient (Wildman–Crippen LogP) is 28.9. The van der Waals surface area contributed by atoms with E-state index >= 15 is 0 Å². The van der Waals surface area contributed by atoms with Crippen LogP contribution in [-0.4, -0.2) is 86.2 Å². The Morgan fingerprint density at radius 2 is 0.654 bits per heavy atom. The molecule has 0 saturated carbocycles. The number of imide groups is 4. The zero-order valence-electron chi connectivity index (χ0n) is 79.8. The second-order valence-corrected chi connectivity index (χ2v) is 46.6. The third-order valence-electron chi connectivity index (χ3n) is 27.2. The molecular formula is C105H110BrClF9N7O9S4. The number of alkyl halides is 9. The van der Waals surface area contributed by atoms with E-state index in [-0.39, 0.29) is 86.3 Å². The third-order valence-corrected chi connectivity index (χ3v) is 31.4. The first kappa shape index (κ1) is 103. The van der Waals surface area contributed by atoms with E-state index in [9.17, 15) is 77.9 Å². The molecular weight excluding hydrogens is 1920 g/mol. The molecule has 136 heavy (non-hydrogen) atoms. The first-order chi connectivity index (χ1) is 62.8. The molecule has 16 rings (SSSR count). The number of carbonyl (C=O) groups excluding carboxylic acids is 8. The summed E-state index contributed by atoms with van der Waals surface area (Å²) in [6.45, 7) is 36.4. The molecule has 8 amide bonds. The van der Waals surface area contributed by atoms with Crippen LogP contribution in [0, 0.1) is 6.92 Å². The normalized spacial score (nSPS) is 20.2. The van der Waals surface area contributed by atoms with Crippen molar-refractivity contribution in [2.45, 2.75) is 231 Å². The lowest BCUT2D eigenvalue weighted by Gasteiger charge is -2.43. The minimum absolute atomic E-state index is 0.0110. The van der Waals surface area contributed by atoms with Crippen LogP contribution in [-0.2, 0) is 74.9 Å². The second kappa shape index (κ2) is 37.6. The number of nitrogens with one attached hydrogen (secondary N) is 5. The van der Waals surface area contributed by atoms with Crippen LogP contribution in [0.3, 0.4) is 0 Å². The highest BCUT2D eigenvalue weighted by atomic mass is 79.9. The number of hydrogen-bond acceptors (Lipinski definition) is 16. The predicted molar refractivity (Wildman–Crippen MR) is 537 cm³/mol. The lowest BCUT2D eigenvalue weighted by molar-refractivity contribution is -0.274. The van der Waals surface area contributed by atoms with E-state index < -0.39 is 79.8 Å². The number of fused-ring (bicyclic) bond motifs is 4. The van der Waals surface area contributed by atoms with Gasteiger partial charge < -0.3 is 19.9 Å². The van der Waals surface area contributed by atoms with Gasteiger partial charge in [-0.3, -0.25) is 59.6 Å². The first-order valence-corrected chi connectivity index (χ1v) is 48.8. The van der Waals surface area contributed by atoms with E-state index in [4.69, 9.17) is 11.6 Å². The number of rotatable bonds is 12. The topological polar surface area (TPSA) is 212 Å². The number of aryl methyl sites for hydroxylation is 1. The average molecular weight is 2030 g/mol. The molecule has 720 valence electrons. The van der Waals surface area contributed by atoms with E-state index in [1.54, 1.807) is 24.3 Å². The molecule has 8 aliphatic rings. The van der Waals surface area contributed by atoms with E-state index in [0.717, 1.165) is 123 Å². The van der Waals surface area contributed by atoms with Crippen molar-refractivity contribution < 1.29 is 82.6 Å². The van der Waals surface area contributed by atoms with Gasteiger partial charge in [0.2, 0.25) is 0 Å². The third kappa shape index (κ3) is 22.0. The Bertz CT molecular complexity index is 6480. The van der Waals surface area contributed by atoms with Crippen molar-refractivity contribution in [2.24, 2.45) is 0 Å². The molecule has 4 aliphatic heterocycles. The van der Waals surface area contributed by atoms with Crippen molar-refractivity contribution >= 4 is 161 Å². The maximum Gasteiger partial charge on any atom is 0.573 e. The van der Waals surface area contributed by atoms with E-state index in [1.165, 1.54) is 100.0 Å². The van der Waals surface area contributed by atoms with Gasteiger partial charge in [0.15, 0.2) is 0 Å². The molecule has 0 spiro atoms. The van der Waals surface area contributed by atoms with Crippen molar-refractivity contribution in [2.75, 3.05) is 50.4 Å². The standard InChI is InChI=1S/C28H35N3O2S.C26H29BrN2O2S.C26H23F6NO3S.C25H23ClF3NO2S/c1-27(2)11-12-28(3,4)21-16-23(31(7)8)19(15-20(21)27)18-13-17(9-10-22(18)30(5)6)14-24-25(32)29-26(33)34-24;1-14-9-18-19(26(4,5)8-7-25(18,2)3)13-16(14)17-10-15(11-20(27)22(17)28-6)12-21-23(30)29-24(31)32-21;1-23(2)7-8-24(3,4)18-12-16(25(27,28)29)14(11-17(18)23)15-9-13(5-6-19(15)36-26(30,31)32)10-20-21(34)33-22(35)37-20;1-23(2)7-8-24(3,4)18-12-16(25(27,28)29)14(11-17(18)23)15-9-13(5-6-19(15)26)10-20-21(31)30-22(32)33-20/h9-10,13-16H,11-12H2,1-8H3,(H,29,32,33);9-13,28H,7-8H2,1-6H3,(H,29,30,31);5-6,9-12H,7-8H2,1-4H3,(H,33,34,35);5-6,9-12H,7-8H2,1-4H3,(H,30,31,32)/b24-14-;21-12-;2*20-10-. The molecule has 8 aromatic carbocycles. The van der Waals surface area contributed by atoms with Crippen LogP contribution in [0.5, 0.6) is 5.75 Å². The summed E-state index contributed by atoms with van der Waals surface area (Å²) in [6, 6.07) is 32.9. The van der Waals surface area contributed by atoms with Crippen LogP contribution in [0.4, 0.5) is 75.8 Å². The van der Waals surface area contributed by atoms with Crippen LogP contribution in [0.25, 0.3) is 68.8 Å². The lowest BCUT2D eigenvalue weighted by atomic mass is 9.62. The number of amides is 8. The van der Waals surface area contributed by atoms with Gasteiger partial charge in [-0.05, 0) is 369 Å².